The van der Waals surface area contributed by atoms with Gasteiger partial charge < -0.3 is 15.2 Å². The van der Waals surface area contributed by atoms with Crippen LogP contribution >= 0.6 is 0 Å². The molecule has 1 aromatic carbocycles. The summed E-state index contributed by atoms with van der Waals surface area (Å²) in [5.74, 6) is 0.661. The molecule has 1 unspecified atom stereocenters. The summed E-state index contributed by atoms with van der Waals surface area (Å²) < 4.78 is 5.46. The number of hydrogen-bond acceptors (Lipinski definition) is 5. The molecule has 1 aliphatic rings. The van der Waals surface area contributed by atoms with Crippen molar-refractivity contribution >= 4 is 17.6 Å². The van der Waals surface area contributed by atoms with Crippen LogP contribution in [0.5, 0.6) is 5.75 Å². The summed E-state index contributed by atoms with van der Waals surface area (Å²) in [6, 6.07) is 6.86. The van der Waals surface area contributed by atoms with Crippen LogP contribution in [-0.2, 0) is 16.0 Å². The second kappa shape index (κ2) is 11.1. The molecule has 6 nitrogen and oxygen atoms in total. The number of benzene rings is 1. The van der Waals surface area contributed by atoms with E-state index >= 15 is 0 Å². The minimum atomic E-state index is -1.09. The number of ether oxygens (including phenoxy) is 1. The van der Waals surface area contributed by atoms with E-state index < -0.39 is 11.6 Å². The average Bonchev–Trinajstić information content (AvgIpc) is 2.67. The van der Waals surface area contributed by atoms with Crippen LogP contribution < -0.4 is 5.32 Å². The van der Waals surface area contributed by atoms with Gasteiger partial charge in [-0.3, -0.25) is 9.79 Å². The number of aliphatic imine (C=N–C) groups is 1. The number of nitrogens with one attached hydrogen (secondary N) is 1. The van der Waals surface area contributed by atoms with Gasteiger partial charge in [0.25, 0.3) is 0 Å². The highest BCUT2D eigenvalue weighted by atomic mass is 16.5. The number of dihydropyridines is 1. The Balaban J connectivity index is 2.05. The van der Waals surface area contributed by atoms with E-state index in [0.29, 0.717) is 18.8 Å². The van der Waals surface area contributed by atoms with Crippen molar-refractivity contribution in [2.45, 2.75) is 78.3 Å². The topological polar surface area (TPSA) is 88.0 Å². The molecule has 1 aromatic rings. The molecular weight excluding hydrogens is 392 g/mol. The van der Waals surface area contributed by atoms with Crippen molar-refractivity contribution in [2.75, 3.05) is 6.61 Å². The van der Waals surface area contributed by atoms with Crippen molar-refractivity contribution < 1.29 is 19.4 Å². The van der Waals surface area contributed by atoms with Crippen molar-refractivity contribution in [3.63, 3.8) is 0 Å². The third kappa shape index (κ3) is 8.19. The van der Waals surface area contributed by atoms with Gasteiger partial charge in [0, 0.05) is 18.6 Å². The molecule has 170 valence electrons. The van der Waals surface area contributed by atoms with Crippen molar-refractivity contribution in [1.82, 2.24) is 5.32 Å². The first kappa shape index (κ1) is 24.6. The fraction of sp³-hybridized carbons (Fsp3) is 0.560. The Kier molecular flexibility index (Phi) is 8.84. The zero-order chi connectivity index (χ0) is 23.0. The van der Waals surface area contributed by atoms with Gasteiger partial charge in [-0.25, -0.2) is 4.79 Å². The van der Waals surface area contributed by atoms with Gasteiger partial charge in [-0.05, 0) is 68.9 Å². The lowest BCUT2D eigenvalue weighted by Gasteiger charge is -2.30. The van der Waals surface area contributed by atoms with Crippen LogP contribution in [0.2, 0.25) is 0 Å². The smallest absolute Gasteiger partial charge is 0.408 e. The van der Waals surface area contributed by atoms with Crippen LogP contribution in [0.3, 0.4) is 0 Å². The van der Waals surface area contributed by atoms with Gasteiger partial charge in [0.15, 0.2) is 5.78 Å². The number of phenols is 1. The summed E-state index contributed by atoms with van der Waals surface area (Å²) in [4.78, 5) is 30.2. The first-order valence-corrected chi connectivity index (χ1v) is 11.1. The van der Waals surface area contributed by atoms with Gasteiger partial charge in [0.05, 0.1) is 6.04 Å². The molecule has 0 saturated heterocycles. The first-order valence-electron chi connectivity index (χ1n) is 11.1. The molecule has 2 atom stereocenters. The SMILES string of the molecule is CC1=NC(C)CC(COC(=O)N[C@@](C)(Cc2ccc(O)cc2)C(=O)CCCC(C)C)=C1. The Morgan fingerprint density at radius 3 is 2.58 bits per heavy atom. The molecular formula is C25H36N2O4. The van der Waals surface area contributed by atoms with Crippen molar-refractivity contribution in [3.05, 3.63) is 41.5 Å². The monoisotopic (exact) mass is 428 g/mol. The minimum absolute atomic E-state index is 0.0216. The number of nitrogens with zero attached hydrogens (tertiary/aromatic N) is 1. The second-order valence-corrected chi connectivity index (χ2v) is 9.21. The first-order chi connectivity index (χ1) is 14.6. The van der Waals surface area contributed by atoms with E-state index in [1.165, 1.54) is 0 Å². The number of ketones is 1. The number of carbonyl (C=O) groups is 2. The fourth-order valence-electron chi connectivity index (χ4n) is 3.87. The lowest BCUT2D eigenvalue weighted by Crippen LogP contribution is -2.54. The van der Waals surface area contributed by atoms with Gasteiger partial charge in [0.1, 0.15) is 17.9 Å². The van der Waals surface area contributed by atoms with E-state index in [-0.39, 0.29) is 24.2 Å². The lowest BCUT2D eigenvalue weighted by atomic mass is 9.85. The Morgan fingerprint density at radius 1 is 1.29 bits per heavy atom. The van der Waals surface area contributed by atoms with Crippen molar-refractivity contribution in [3.8, 4) is 5.75 Å². The number of hydrogen-bond donors (Lipinski definition) is 2. The molecule has 0 bridgehead atoms. The lowest BCUT2D eigenvalue weighted by molar-refractivity contribution is -0.124. The summed E-state index contributed by atoms with van der Waals surface area (Å²) in [5.41, 5.74) is 1.71. The standard InChI is InChI=1S/C25H36N2O4/c1-17(2)7-6-8-23(29)25(5,15-20-9-11-22(28)12-10-20)27-24(30)31-16-21-13-18(3)26-19(4)14-21/h9-13,17,19,28H,6-8,14-16H2,1-5H3,(H,27,30)/t19?,25-/m0/s1. The van der Waals surface area contributed by atoms with Crippen LogP contribution in [0.1, 0.15) is 65.9 Å². The summed E-state index contributed by atoms with van der Waals surface area (Å²) in [6.45, 7) is 10.1. The van der Waals surface area contributed by atoms with Crippen molar-refractivity contribution in [1.29, 1.82) is 0 Å². The highest BCUT2D eigenvalue weighted by Crippen LogP contribution is 2.21. The van der Waals surface area contributed by atoms with Crippen LogP contribution in [0.4, 0.5) is 4.79 Å². The third-order valence-corrected chi connectivity index (χ3v) is 5.46. The number of phenolic OH excluding ortho intramolecular Hbond substituents is 1. The van der Waals surface area contributed by atoms with E-state index in [9.17, 15) is 14.7 Å². The Hall–Kier alpha value is -2.63. The highest BCUT2D eigenvalue weighted by molar-refractivity contribution is 5.94. The maximum Gasteiger partial charge on any atom is 0.408 e. The van der Waals surface area contributed by atoms with Gasteiger partial charge in [-0.15, -0.1) is 0 Å². The maximum absolute atomic E-state index is 13.1. The molecule has 0 saturated carbocycles. The number of Topliss-reactive ketones (excluding diaryl/α,β-unsaturated/α-hetero) is 1. The molecule has 31 heavy (non-hydrogen) atoms. The van der Waals surface area contributed by atoms with Gasteiger partial charge in [-0.1, -0.05) is 32.4 Å². The third-order valence-electron chi connectivity index (χ3n) is 5.46. The predicted octanol–water partition coefficient (Wildman–Crippen LogP) is 4.99. The minimum Gasteiger partial charge on any atom is -0.508 e. The number of alkyl carbamates (subject to hydrolysis) is 1. The summed E-state index contributed by atoms with van der Waals surface area (Å²) in [5, 5.41) is 12.4. The molecule has 1 amide bonds. The summed E-state index contributed by atoms with van der Waals surface area (Å²) in [6.07, 6.45) is 4.55. The number of carbonyl (C=O) groups excluding carboxylic acids is 2. The maximum atomic E-state index is 13.1. The quantitative estimate of drug-likeness (QED) is 0.549. The normalized spacial score (nSPS) is 18.1. The molecule has 1 heterocycles. The largest absolute Gasteiger partial charge is 0.508 e. The molecule has 0 fully saturated rings. The molecule has 1 aliphatic heterocycles. The average molecular weight is 429 g/mol. The number of allylic oxidation sites excluding steroid dienone is 1. The van der Waals surface area contributed by atoms with Crippen LogP contribution in [0, 0.1) is 5.92 Å². The Bertz CT molecular complexity index is 826. The summed E-state index contributed by atoms with van der Waals surface area (Å²) in [7, 11) is 0. The molecule has 6 heteroatoms. The molecule has 0 radical (unpaired) electrons. The number of aromatic hydroxyl groups is 1. The van der Waals surface area contributed by atoms with Crippen LogP contribution in [0.15, 0.2) is 40.9 Å². The van der Waals surface area contributed by atoms with E-state index in [1.807, 2.05) is 19.9 Å². The van der Waals surface area contributed by atoms with E-state index in [2.05, 4.69) is 24.2 Å². The molecule has 2 rings (SSSR count). The summed E-state index contributed by atoms with van der Waals surface area (Å²) >= 11 is 0. The molecule has 0 aliphatic carbocycles. The van der Waals surface area contributed by atoms with Crippen molar-refractivity contribution in [2.24, 2.45) is 10.9 Å². The molecule has 2 N–H and O–H groups in total. The van der Waals surface area contributed by atoms with Gasteiger partial charge >= 0.3 is 6.09 Å². The van der Waals surface area contributed by atoms with Crippen LogP contribution in [-0.4, -0.2) is 40.9 Å². The van der Waals surface area contributed by atoms with E-state index in [4.69, 9.17) is 4.74 Å². The van der Waals surface area contributed by atoms with Gasteiger partial charge in [0.2, 0.25) is 0 Å². The Labute approximate surface area is 185 Å². The number of amides is 1. The van der Waals surface area contributed by atoms with E-state index in [1.54, 1.807) is 31.2 Å². The highest BCUT2D eigenvalue weighted by Gasteiger charge is 2.35. The molecule has 0 aromatic heterocycles. The Morgan fingerprint density at radius 2 is 1.97 bits per heavy atom. The predicted molar refractivity (Wildman–Crippen MR) is 124 cm³/mol. The van der Waals surface area contributed by atoms with E-state index in [0.717, 1.165) is 36.1 Å². The fourth-order valence-corrected chi connectivity index (χ4v) is 3.87. The number of rotatable bonds is 10. The molecule has 0 spiro atoms. The zero-order valence-corrected chi connectivity index (χ0v) is 19.4. The van der Waals surface area contributed by atoms with Gasteiger partial charge in [-0.2, -0.15) is 0 Å². The van der Waals surface area contributed by atoms with Crippen LogP contribution in [0.25, 0.3) is 0 Å². The zero-order valence-electron chi connectivity index (χ0n) is 19.4. The second-order valence-electron chi connectivity index (χ2n) is 9.21.